The molecule has 0 radical (unpaired) electrons. The number of benzene rings is 2. The van der Waals surface area contributed by atoms with Gasteiger partial charge in [-0.05, 0) is 65.8 Å². The van der Waals surface area contributed by atoms with Crippen LogP contribution in [0.4, 0.5) is 5.69 Å². The fourth-order valence-corrected chi connectivity index (χ4v) is 3.95. The first-order valence-electron chi connectivity index (χ1n) is 9.70. The Hall–Kier alpha value is -3.31. The van der Waals surface area contributed by atoms with Crippen LogP contribution in [-0.2, 0) is 6.61 Å². The van der Waals surface area contributed by atoms with Crippen molar-refractivity contribution in [1.82, 2.24) is 4.98 Å². The third-order valence-corrected chi connectivity index (χ3v) is 5.34. The molecule has 0 aliphatic heterocycles. The number of carboxylic acids is 1. The van der Waals surface area contributed by atoms with Gasteiger partial charge in [0.15, 0.2) is 0 Å². The molecule has 0 fully saturated rings. The first kappa shape index (κ1) is 20.0. The van der Waals surface area contributed by atoms with E-state index in [1.165, 1.54) is 6.07 Å². The lowest BCUT2D eigenvalue weighted by Crippen LogP contribution is -2.02. The van der Waals surface area contributed by atoms with E-state index >= 15 is 0 Å². The summed E-state index contributed by atoms with van der Waals surface area (Å²) in [5.74, 6) is -0.486. The van der Waals surface area contributed by atoms with Gasteiger partial charge in [0, 0.05) is 17.4 Å². The van der Waals surface area contributed by atoms with Crippen LogP contribution in [0.2, 0.25) is 5.02 Å². The standard InChI is InChI=1S/C24H21ClN2O3/c25-18-12-22(23(27-13-18)30-14-15-5-2-1-3-6-15)21-8-4-7-20(21)16-9-17(24(28)29)11-19(26)10-16/h1-3,5-6,9-13H,4,7-8,14,26H2,(H,28,29). The van der Waals surface area contributed by atoms with Crippen LogP contribution in [0.15, 0.2) is 60.8 Å². The summed E-state index contributed by atoms with van der Waals surface area (Å²) in [4.78, 5) is 15.9. The lowest BCUT2D eigenvalue weighted by molar-refractivity contribution is 0.0697. The molecule has 0 amide bonds. The van der Waals surface area contributed by atoms with E-state index < -0.39 is 5.97 Å². The quantitative estimate of drug-likeness (QED) is 0.500. The maximum Gasteiger partial charge on any atom is 0.335 e. The number of hydrogen-bond acceptors (Lipinski definition) is 4. The van der Waals surface area contributed by atoms with E-state index in [9.17, 15) is 9.90 Å². The Balaban J connectivity index is 1.75. The molecule has 2 aromatic carbocycles. The minimum Gasteiger partial charge on any atom is -0.478 e. The predicted molar refractivity (Wildman–Crippen MR) is 118 cm³/mol. The van der Waals surface area contributed by atoms with Gasteiger partial charge in [-0.25, -0.2) is 9.78 Å². The molecule has 0 atom stereocenters. The number of nitrogens with zero attached hydrogens (tertiary/aromatic N) is 1. The third kappa shape index (κ3) is 4.31. The molecule has 1 aromatic heterocycles. The van der Waals surface area contributed by atoms with Crippen LogP contribution in [0.3, 0.4) is 0 Å². The van der Waals surface area contributed by atoms with Gasteiger partial charge in [0.2, 0.25) is 5.88 Å². The van der Waals surface area contributed by atoms with E-state index in [-0.39, 0.29) is 5.56 Å². The molecule has 1 heterocycles. The Morgan fingerprint density at radius 1 is 1.10 bits per heavy atom. The van der Waals surface area contributed by atoms with Crippen molar-refractivity contribution in [3.8, 4) is 5.88 Å². The van der Waals surface area contributed by atoms with Crippen LogP contribution in [0.25, 0.3) is 11.1 Å². The highest BCUT2D eigenvalue weighted by Crippen LogP contribution is 2.43. The van der Waals surface area contributed by atoms with Crippen LogP contribution in [0.5, 0.6) is 5.88 Å². The molecule has 0 bridgehead atoms. The van der Waals surface area contributed by atoms with Crippen LogP contribution in [-0.4, -0.2) is 16.1 Å². The highest BCUT2D eigenvalue weighted by Gasteiger charge is 2.23. The normalized spacial score (nSPS) is 13.5. The van der Waals surface area contributed by atoms with Crippen LogP contribution in [0.1, 0.15) is 46.3 Å². The summed E-state index contributed by atoms with van der Waals surface area (Å²) < 4.78 is 6.04. The minimum absolute atomic E-state index is 0.175. The molecule has 3 aromatic rings. The topological polar surface area (TPSA) is 85.4 Å². The highest BCUT2D eigenvalue weighted by atomic mass is 35.5. The van der Waals surface area contributed by atoms with Crippen LogP contribution >= 0.6 is 11.6 Å². The van der Waals surface area contributed by atoms with Gasteiger partial charge in [0.1, 0.15) is 6.61 Å². The molecule has 0 saturated carbocycles. The van der Waals surface area contributed by atoms with Gasteiger partial charge in [-0.1, -0.05) is 41.9 Å². The zero-order valence-corrected chi connectivity index (χ0v) is 17.0. The Bertz CT molecular complexity index is 1130. The number of rotatable bonds is 6. The zero-order chi connectivity index (χ0) is 21.1. The molecular weight excluding hydrogens is 400 g/mol. The monoisotopic (exact) mass is 420 g/mol. The number of aromatic carboxylic acids is 1. The number of carboxylic acid groups (broad SMARTS) is 1. The summed E-state index contributed by atoms with van der Waals surface area (Å²) in [6.45, 7) is 0.395. The molecule has 0 spiro atoms. The van der Waals surface area contributed by atoms with Gasteiger partial charge in [0.05, 0.1) is 10.6 Å². The Kier molecular flexibility index (Phi) is 5.72. The van der Waals surface area contributed by atoms with E-state index in [1.54, 1.807) is 12.3 Å². The molecular formula is C24H21ClN2O3. The summed E-state index contributed by atoms with van der Waals surface area (Å²) >= 11 is 6.26. The van der Waals surface area contributed by atoms with Crippen LogP contribution < -0.4 is 10.5 Å². The summed E-state index contributed by atoms with van der Waals surface area (Å²) in [6, 6.07) is 16.7. The van der Waals surface area contributed by atoms with Gasteiger partial charge in [-0.2, -0.15) is 0 Å². The smallest absolute Gasteiger partial charge is 0.335 e. The molecule has 1 aliphatic rings. The van der Waals surface area contributed by atoms with Crippen molar-refractivity contribution < 1.29 is 14.6 Å². The summed E-state index contributed by atoms with van der Waals surface area (Å²) in [7, 11) is 0. The van der Waals surface area contributed by atoms with Crippen LogP contribution in [0, 0.1) is 0 Å². The molecule has 6 heteroatoms. The summed E-state index contributed by atoms with van der Waals surface area (Å²) in [5, 5.41) is 9.92. The fraction of sp³-hybridized carbons (Fsp3) is 0.167. The highest BCUT2D eigenvalue weighted by molar-refractivity contribution is 6.30. The number of allylic oxidation sites excluding steroid dienone is 2. The van der Waals surface area contributed by atoms with Gasteiger partial charge in [0.25, 0.3) is 0 Å². The summed E-state index contributed by atoms with van der Waals surface area (Å²) in [5.41, 5.74) is 11.4. The number of nitrogens with two attached hydrogens (primary N) is 1. The number of hydrogen-bond donors (Lipinski definition) is 2. The van der Waals surface area contributed by atoms with Crippen molar-refractivity contribution in [1.29, 1.82) is 0 Å². The van der Waals surface area contributed by atoms with Gasteiger partial charge in [-0.15, -0.1) is 0 Å². The minimum atomic E-state index is -1.000. The van der Waals surface area contributed by atoms with E-state index in [4.69, 9.17) is 22.1 Å². The molecule has 30 heavy (non-hydrogen) atoms. The molecule has 5 nitrogen and oxygen atoms in total. The molecule has 1 aliphatic carbocycles. The Morgan fingerprint density at radius 3 is 2.63 bits per heavy atom. The van der Waals surface area contributed by atoms with Crippen molar-refractivity contribution in [2.24, 2.45) is 0 Å². The summed E-state index contributed by atoms with van der Waals surface area (Å²) in [6.07, 6.45) is 4.18. The lowest BCUT2D eigenvalue weighted by atomic mass is 9.96. The number of nitrogen functional groups attached to an aromatic ring is 1. The first-order chi connectivity index (χ1) is 14.5. The first-order valence-corrected chi connectivity index (χ1v) is 10.1. The fourth-order valence-electron chi connectivity index (χ4n) is 3.79. The van der Waals surface area contributed by atoms with Crippen molar-refractivity contribution >= 4 is 34.4 Å². The second-order valence-corrected chi connectivity index (χ2v) is 7.68. The third-order valence-electron chi connectivity index (χ3n) is 5.13. The SMILES string of the molecule is Nc1cc(C(=O)O)cc(C2=C(c3cc(Cl)cnc3OCc3ccccc3)CCC2)c1. The predicted octanol–water partition coefficient (Wildman–Crippen LogP) is 5.69. The maximum atomic E-state index is 11.5. The lowest BCUT2D eigenvalue weighted by Gasteiger charge is -2.14. The molecule has 0 unspecified atom stereocenters. The van der Waals surface area contributed by atoms with Gasteiger partial charge in [-0.3, -0.25) is 0 Å². The van der Waals surface area contributed by atoms with Gasteiger partial charge < -0.3 is 15.6 Å². The van der Waals surface area contributed by atoms with E-state index in [0.717, 1.165) is 47.1 Å². The average molecular weight is 421 g/mol. The van der Waals surface area contributed by atoms with Crippen molar-refractivity contribution in [3.05, 3.63) is 88.1 Å². The molecule has 3 N–H and O–H groups in total. The Morgan fingerprint density at radius 2 is 1.87 bits per heavy atom. The van der Waals surface area contributed by atoms with Gasteiger partial charge >= 0.3 is 5.97 Å². The number of halogens is 1. The number of anilines is 1. The zero-order valence-electron chi connectivity index (χ0n) is 16.3. The van der Waals surface area contributed by atoms with Crippen molar-refractivity contribution in [3.63, 3.8) is 0 Å². The number of pyridine rings is 1. The van der Waals surface area contributed by atoms with E-state index in [1.807, 2.05) is 42.5 Å². The average Bonchev–Trinajstić information content (AvgIpc) is 3.23. The number of aromatic nitrogens is 1. The molecule has 152 valence electrons. The maximum absolute atomic E-state index is 11.5. The number of ether oxygens (including phenoxy) is 1. The second-order valence-electron chi connectivity index (χ2n) is 7.24. The second kappa shape index (κ2) is 8.59. The molecule has 4 rings (SSSR count). The largest absolute Gasteiger partial charge is 0.478 e. The van der Waals surface area contributed by atoms with Crippen molar-refractivity contribution in [2.75, 3.05) is 5.73 Å². The Labute approximate surface area is 179 Å². The van der Waals surface area contributed by atoms with E-state index in [0.29, 0.717) is 23.2 Å². The molecule has 0 saturated heterocycles. The van der Waals surface area contributed by atoms with E-state index in [2.05, 4.69) is 4.98 Å². The number of carbonyl (C=O) groups is 1. The van der Waals surface area contributed by atoms with Crippen molar-refractivity contribution in [2.45, 2.75) is 25.9 Å².